The first-order chi connectivity index (χ1) is 5.97. The number of hydrogen-bond acceptors (Lipinski definition) is 2. The first kappa shape index (κ1) is 10.5. The molecule has 0 unspecified atom stereocenters. The fourth-order valence-electron chi connectivity index (χ4n) is 0.968. The van der Waals surface area contributed by atoms with Crippen LogP contribution in [-0.2, 0) is 32.7 Å². The van der Waals surface area contributed by atoms with Crippen LogP contribution in [0.2, 0.25) is 0 Å². The number of aromatic nitrogens is 2. The van der Waals surface area contributed by atoms with Crippen molar-refractivity contribution in [3.63, 3.8) is 0 Å². The minimum Gasteiger partial charge on any atom is -0.253 e. The molecule has 2 rings (SSSR count). The van der Waals surface area contributed by atoms with Crippen molar-refractivity contribution in [3.8, 4) is 11.1 Å². The van der Waals surface area contributed by atoms with Crippen molar-refractivity contribution in [1.29, 1.82) is 0 Å². The Kier molecular flexibility index (Phi) is 4.20. The maximum absolute atomic E-state index is 3.76. The zero-order chi connectivity index (χ0) is 8.23. The van der Waals surface area contributed by atoms with Crippen molar-refractivity contribution >= 4 is 0 Å². The second-order valence-corrected chi connectivity index (χ2v) is 2.32. The molecule has 13 heavy (non-hydrogen) atoms. The third-order valence-electron chi connectivity index (χ3n) is 1.53. The molecule has 3 heteroatoms. The van der Waals surface area contributed by atoms with E-state index in [-0.39, 0.29) is 32.7 Å². The summed E-state index contributed by atoms with van der Waals surface area (Å²) in [6, 6.07) is 13.8. The molecule has 0 saturated carbocycles. The molecule has 2 aromatic rings. The summed E-state index contributed by atoms with van der Waals surface area (Å²) in [5.41, 5.74) is 1.91. The smallest absolute Gasteiger partial charge is 0 e. The zero-order valence-corrected chi connectivity index (χ0v) is 9.77. The molecule has 0 bridgehead atoms. The van der Waals surface area contributed by atoms with Gasteiger partial charge in [0.05, 0.1) is 0 Å². The van der Waals surface area contributed by atoms with Crippen LogP contribution in [0.1, 0.15) is 0 Å². The summed E-state index contributed by atoms with van der Waals surface area (Å²) in [6.45, 7) is 0. The van der Waals surface area contributed by atoms with Gasteiger partial charge in [0.25, 0.3) is 0 Å². The van der Waals surface area contributed by atoms with E-state index in [2.05, 4.69) is 22.3 Å². The fourth-order valence-corrected chi connectivity index (χ4v) is 0.968. The van der Waals surface area contributed by atoms with Gasteiger partial charge in [-0.05, 0) is 6.20 Å². The Labute approximate surface area is 102 Å². The van der Waals surface area contributed by atoms with Gasteiger partial charge in [0.1, 0.15) is 0 Å². The number of nitrogens with zero attached hydrogens (tertiary/aromatic N) is 2. The van der Waals surface area contributed by atoms with Gasteiger partial charge in [-0.1, -0.05) is 6.20 Å². The number of hydrogen-bond donors (Lipinski definition) is 0. The Morgan fingerprint density at radius 1 is 1.00 bits per heavy atom. The van der Waals surface area contributed by atoms with Crippen molar-refractivity contribution < 1.29 is 32.7 Å². The maximum atomic E-state index is 3.76. The first-order valence-electron chi connectivity index (χ1n) is 3.62. The van der Waals surface area contributed by atoms with E-state index in [1.165, 1.54) is 0 Å². The Bertz CT molecular complexity index is 310. The Morgan fingerprint density at radius 2 is 1.92 bits per heavy atom. The topological polar surface area (TPSA) is 25.8 Å². The normalized spacial score (nSPS) is 8.92. The van der Waals surface area contributed by atoms with Crippen LogP contribution in [0.3, 0.4) is 0 Å². The molecule has 1 radical (unpaired) electrons. The van der Waals surface area contributed by atoms with Crippen LogP contribution in [0.15, 0.2) is 36.7 Å². The molecule has 0 aliphatic rings. The molecule has 0 atom stereocenters. The predicted octanol–water partition coefficient (Wildman–Crippen LogP) is 1.74. The van der Waals surface area contributed by atoms with E-state index in [0.29, 0.717) is 0 Å². The maximum Gasteiger partial charge on any atom is 0 e. The molecular formula is C10H6N2Y-2. The summed E-state index contributed by atoms with van der Waals surface area (Å²) in [6.07, 6.45) is 3.22. The van der Waals surface area contributed by atoms with Crippen molar-refractivity contribution in [2.45, 2.75) is 0 Å². The third kappa shape index (κ3) is 2.68. The van der Waals surface area contributed by atoms with E-state index < -0.39 is 0 Å². The van der Waals surface area contributed by atoms with Gasteiger partial charge in [0.15, 0.2) is 0 Å². The Balaban J connectivity index is 0.000000845. The van der Waals surface area contributed by atoms with E-state index in [1.54, 1.807) is 12.4 Å². The summed E-state index contributed by atoms with van der Waals surface area (Å²) in [7, 11) is 0. The summed E-state index contributed by atoms with van der Waals surface area (Å²) in [4.78, 5) is 0. The first-order valence-corrected chi connectivity index (χ1v) is 3.62. The number of rotatable bonds is 1. The minimum absolute atomic E-state index is 0. The van der Waals surface area contributed by atoms with Gasteiger partial charge in [0, 0.05) is 32.7 Å². The zero-order valence-electron chi connectivity index (χ0n) is 6.94. The van der Waals surface area contributed by atoms with Gasteiger partial charge in [-0.3, -0.25) is 5.56 Å². The van der Waals surface area contributed by atoms with Crippen LogP contribution in [-0.4, -0.2) is 10.2 Å². The van der Waals surface area contributed by atoms with Crippen LogP contribution in [0.4, 0.5) is 0 Å². The molecule has 0 saturated heterocycles. The SMILES string of the molecule is [Y].[c-]1ccccc1-c1[c-]cnnc1. The van der Waals surface area contributed by atoms with E-state index >= 15 is 0 Å². The van der Waals surface area contributed by atoms with Gasteiger partial charge in [-0.25, -0.2) is 28.9 Å². The van der Waals surface area contributed by atoms with Crippen molar-refractivity contribution in [3.05, 3.63) is 48.8 Å². The molecule has 61 valence electrons. The van der Waals surface area contributed by atoms with Crippen molar-refractivity contribution in [2.75, 3.05) is 0 Å². The second-order valence-electron chi connectivity index (χ2n) is 2.32. The summed E-state index contributed by atoms with van der Waals surface area (Å²) in [5, 5.41) is 7.41. The van der Waals surface area contributed by atoms with Gasteiger partial charge in [-0.2, -0.15) is 17.2 Å². The van der Waals surface area contributed by atoms with Gasteiger partial charge in [0.2, 0.25) is 0 Å². The molecule has 0 spiro atoms. The van der Waals surface area contributed by atoms with Crippen LogP contribution in [0.25, 0.3) is 11.1 Å². The second kappa shape index (κ2) is 5.20. The van der Waals surface area contributed by atoms with Crippen LogP contribution in [0, 0.1) is 12.1 Å². The minimum atomic E-state index is 0. The summed E-state index contributed by atoms with van der Waals surface area (Å²) < 4.78 is 0. The average molecular weight is 243 g/mol. The molecule has 0 N–H and O–H groups in total. The van der Waals surface area contributed by atoms with Crippen LogP contribution < -0.4 is 0 Å². The van der Waals surface area contributed by atoms with E-state index in [4.69, 9.17) is 0 Å². The third-order valence-corrected chi connectivity index (χ3v) is 1.53. The Morgan fingerprint density at radius 3 is 2.54 bits per heavy atom. The molecule has 0 fully saturated rings. The van der Waals surface area contributed by atoms with Crippen molar-refractivity contribution in [1.82, 2.24) is 10.2 Å². The van der Waals surface area contributed by atoms with Gasteiger partial charge in [-0.15, -0.1) is 6.07 Å². The quantitative estimate of drug-likeness (QED) is 0.713. The molecule has 0 aliphatic heterocycles. The fraction of sp³-hybridized carbons (Fsp3) is 0. The summed E-state index contributed by atoms with van der Waals surface area (Å²) in [5.74, 6) is 0. The monoisotopic (exact) mass is 243 g/mol. The molecular weight excluding hydrogens is 237 g/mol. The van der Waals surface area contributed by atoms with Gasteiger partial charge < -0.3 is 0 Å². The molecule has 1 aromatic carbocycles. The predicted molar refractivity (Wildman–Crippen MR) is 45.1 cm³/mol. The van der Waals surface area contributed by atoms with E-state index in [0.717, 1.165) is 11.1 Å². The molecule has 1 heterocycles. The average Bonchev–Trinajstić information content (AvgIpc) is 2.21. The van der Waals surface area contributed by atoms with E-state index in [1.807, 2.05) is 24.3 Å². The number of benzene rings is 1. The molecule has 0 aliphatic carbocycles. The Hall–Kier alpha value is -0.596. The molecule has 0 amide bonds. The molecule has 1 aromatic heterocycles. The van der Waals surface area contributed by atoms with E-state index in [9.17, 15) is 0 Å². The van der Waals surface area contributed by atoms with Crippen molar-refractivity contribution in [2.24, 2.45) is 0 Å². The summed E-state index contributed by atoms with van der Waals surface area (Å²) >= 11 is 0. The largest absolute Gasteiger partial charge is 0.253 e. The van der Waals surface area contributed by atoms with Crippen LogP contribution in [0.5, 0.6) is 0 Å². The van der Waals surface area contributed by atoms with Crippen LogP contribution >= 0.6 is 0 Å². The standard InChI is InChI=1S/C10H6N2.Y/c1-2-4-9(5-3-1)10-6-7-11-12-8-10;/h1-4,7-8H;/q-2;. The van der Waals surface area contributed by atoms with Gasteiger partial charge >= 0.3 is 0 Å². The molecule has 2 nitrogen and oxygen atoms in total.